The first kappa shape index (κ1) is 24.6. The number of nitrogens with two attached hydrogens (primary N) is 1. The van der Waals surface area contributed by atoms with Crippen LogP contribution in [0.4, 0.5) is 0 Å². The summed E-state index contributed by atoms with van der Waals surface area (Å²) in [5.41, 5.74) is 5.87. The Kier molecular flexibility index (Phi) is 11.9. The Hall–Kier alpha value is -0.390. The number of likely N-dealkylation sites (N-methyl/N-ethyl adjacent to an activating group) is 1. The number of thiophene rings is 1. The molecule has 3 N–H and O–H groups in total. The molecule has 0 fully saturated rings. The smallest absolute Gasteiger partial charge is 0.252 e. The molecule has 0 bridgehead atoms. The molecule has 1 unspecified atom stereocenters. The van der Waals surface area contributed by atoms with Crippen molar-refractivity contribution in [1.82, 2.24) is 9.62 Å². The van der Waals surface area contributed by atoms with Crippen LogP contribution in [-0.4, -0.2) is 44.9 Å². The molecule has 0 saturated carbocycles. The minimum Gasteiger partial charge on any atom is -0.370 e. The number of nitrogens with one attached hydrogen (secondary N) is 1. The lowest BCUT2D eigenvalue weighted by atomic mass is 10.0. The number of halogens is 1. The Morgan fingerprint density at radius 1 is 1.36 bits per heavy atom. The van der Waals surface area contributed by atoms with E-state index in [9.17, 15) is 8.42 Å². The molecule has 1 aromatic rings. The largest absolute Gasteiger partial charge is 0.370 e. The van der Waals surface area contributed by atoms with Crippen LogP contribution in [0.2, 0.25) is 0 Å². The maximum absolute atomic E-state index is 12.3. The van der Waals surface area contributed by atoms with Gasteiger partial charge in [0.25, 0.3) is 10.0 Å². The topological polar surface area (TPSA) is 87.8 Å². The number of nitrogens with zero attached hydrogens (tertiary/aromatic N) is 2. The third kappa shape index (κ3) is 9.20. The monoisotopic (exact) mass is 502 g/mol. The lowest BCUT2D eigenvalue weighted by molar-refractivity contribution is 0.477. The summed E-state index contributed by atoms with van der Waals surface area (Å²) in [6, 6.07) is 3.60. The lowest BCUT2D eigenvalue weighted by Gasteiger charge is -2.16. The molecule has 0 aromatic carbocycles. The second-order valence-electron chi connectivity index (χ2n) is 6.40. The molecule has 0 aliphatic rings. The van der Waals surface area contributed by atoms with Crippen LogP contribution >= 0.6 is 35.3 Å². The van der Waals surface area contributed by atoms with Crippen molar-refractivity contribution in [1.29, 1.82) is 0 Å². The van der Waals surface area contributed by atoms with Gasteiger partial charge in [-0.2, -0.15) is 4.31 Å². The second kappa shape index (κ2) is 12.1. The predicted molar refractivity (Wildman–Crippen MR) is 117 cm³/mol. The highest BCUT2D eigenvalue weighted by Gasteiger charge is 2.21. The van der Waals surface area contributed by atoms with Gasteiger partial charge < -0.3 is 11.1 Å². The van der Waals surface area contributed by atoms with Crippen molar-refractivity contribution >= 4 is 51.3 Å². The molecule has 25 heavy (non-hydrogen) atoms. The molecule has 1 rings (SSSR count). The van der Waals surface area contributed by atoms with Gasteiger partial charge in [-0.05, 0) is 30.7 Å². The molecular weight excluding hydrogens is 471 g/mol. The molecule has 0 aliphatic heterocycles. The average molecular weight is 502 g/mol. The zero-order valence-corrected chi connectivity index (χ0v) is 19.4. The van der Waals surface area contributed by atoms with E-state index in [2.05, 4.69) is 31.1 Å². The van der Waals surface area contributed by atoms with Crippen molar-refractivity contribution in [2.75, 3.05) is 20.1 Å². The van der Waals surface area contributed by atoms with E-state index >= 15 is 0 Å². The standard InChI is InChI=1S/C16H30N4O2S2.HI/c1-13(2)7-5-8-14(3)19-16(17)18-10-11-20(4)24(21,22)15-9-6-12-23-15;/h6,9,12-14H,5,7-8,10-11H2,1-4H3,(H3,17,18,19);1H. The molecule has 0 radical (unpaired) electrons. The molecule has 9 heteroatoms. The third-order valence-corrected chi connectivity index (χ3v) is 6.90. The lowest BCUT2D eigenvalue weighted by Crippen LogP contribution is -2.39. The van der Waals surface area contributed by atoms with E-state index in [1.807, 2.05) is 0 Å². The van der Waals surface area contributed by atoms with Gasteiger partial charge >= 0.3 is 0 Å². The molecular formula is C16H31IN4O2S2. The van der Waals surface area contributed by atoms with Gasteiger partial charge in [0, 0.05) is 19.6 Å². The Morgan fingerprint density at radius 2 is 2.04 bits per heavy atom. The predicted octanol–water partition coefficient (Wildman–Crippen LogP) is 3.11. The van der Waals surface area contributed by atoms with E-state index in [0.29, 0.717) is 29.2 Å². The van der Waals surface area contributed by atoms with Crippen LogP contribution in [0.1, 0.15) is 40.0 Å². The fourth-order valence-electron chi connectivity index (χ4n) is 2.20. The van der Waals surface area contributed by atoms with Crippen molar-refractivity contribution < 1.29 is 8.42 Å². The Morgan fingerprint density at radius 3 is 2.60 bits per heavy atom. The highest BCUT2D eigenvalue weighted by Crippen LogP contribution is 2.19. The van der Waals surface area contributed by atoms with Crippen molar-refractivity contribution in [2.45, 2.75) is 50.3 Å². The van der Waals surface area contributed by atoms with Crippen molar-refractivity contribution in [3.8, 4) is 0 Å². The van der Waals surface area contributed by atoms with Crippen LogP contribution in [0, 0.1) is 5.92 Å². The molecule has 146 valence electrons. The van der Waals surface area contributed by atoms with Gasteiger partial charge in [0.15, 0.2) is 5.96 Å². The number of aliphatic imine (C=N–C) groups is 1. The highest BCUT2D eigenvalue weighted by atomic mass is 127. The van der Waals surface area contributed by atoms with Gasteiger partial charge in [-0.3, -0.25) is 4.99 Å². The molecule has 0 aliphatic carbocycles. The normalized spacial score (nSPS) is 13.8. The van der Waals surface area contributed by atoms with Crippen LogP contribution in [-0.2, 0) is 10.0 Å². The summed E-state index contributed by atoms with van der Waals surface area (Å²) in [5, 5.41) is 4.91. The quantitative estimate of drug-likeness (QED) is 0.293. The third-order valence-electron chi connectivity index (χ3n) is 3.67. The zero-order chi connectivity index (χ0) is 18.2. The molecule has 1 atom stereocenters. The van der Waals surface area contributed by atoms with Crippen molar-refractivity contribution in [2.24, 2.45) is 16.6 Å². The van der Waals surface area contributed by atoms with Crippen molar-refractivity contribution in [3.05, 3.63) is 17.5 Å². The fraction of sp³-hybridized carbons (Fsp3) is 0.688. The molecule has 1 heterocycles. The fourth-order valence-corrected chi connectivity index (χ4v) is 4.56. The minimum absolute atomic E-state index is 0. The van der Waals surface area contributed by atoms with E-state index in [-0.39, 0.29) is 30.0 Å². The van der Waals surface area contributed by atoms with E-state index < -0.39 is 10.0 Å². The van der Waals surface area contributed by atoms with Gasteiger partial charge in [0.1, 0.15) is 4.21 Å². The van der Waals surface area contributed by atoms with Gasteiger partial charge in [0.2, 0.25) is 0 Å². The maximum Gasteiger partial charge on any atom is 0.252 e. The molecule has 0 saturated heterocycles. The van der Waals surface area contributed by atoms with Gasteiger partial charge in [-0.25, -0.2) is 8.42 Å². The van der Waals surface area contributed by atoms with E-state index in [1.54, 1.807) is 24.6 Å². The van der Waals surface area contributed by atoms with Gasteiger partial charge in [0.05, 0.1) is 6.54 Å². The summed E-state index contributed by atoms with van der Waals surface area (Å²) in [5.74, 6) is 1.08. The number of hydrogen-bond donors (Lipinski definition) is 2. The molecule has 0 amide bonds. The summed E-state index contributed by atoms with van der Waals surface area (Å²) in [4.78, 5) is 4.22. The summed E-state index contributed by atoms with van der Waals surface area (Å²) in [6.07, 6.45) is 3.40. The summed E-state index contributed by atoms with van der Waals surface area (Å²) in [6.45, 7) is 7.14. The Labute approximate surface area is 173 Å². The first-order valence-corrected chi connectivity index (χ1v) is 10.6. The van der Waals surface area contributed by atoms with Crippen LogP contribution in [0.15, 0.2) is 26.7 Å². The average Bonchev–Trinajstić information content (AvgIpc) is 3.01. The van der Waals surface area contributed by atoms with E-state index in [0.717, 1.165) is 12.8 Å². The van der Waals surface area contributed by atoms with Crippen LogP contribution in [0.3, 0.4) is 0 Å². The van der Waals surface area contributed by atoms with Gasteiger partial charge in [-0.15, -0.1) is 35.3 Å². The maximum atomic E-state index is 12.3. The van der Waals surface area contributed by atoms with Gasteiger partial charge in [-0.1, -0.05) is 32.8 Å². The summed E-state index contributed by atoms with van der Waals surface area (Å²) in [7, 11) is -1.86. The Balaban J connectivity index is 0.00000576. The number of hydrogen-bond acceptors (Lipinski definition) is 4. The zero-order valence-electron chi connectivity index (χ0n) is 15.4. The number of rotatable bonds is 10. The molecule has 6 nitrogen and oxygen atoms in total. The van der Waals surface area contributed by atoms with E-state index in [4.69, 9.17) is 5.73 Å². The molecule has 0 spiro atoms. The van der Waals surface area contributed by atoms with Crippen LogP contribution in [0.25, 0.3) is 0 Å². The highest BCUT2D eigenvalue weighted by molar-refractivity contribution is 14.0. The first-order valence-electron chi connectivity index (χ1n) is 8.29. The number of sulfonamides is 1. The van der Waals surface area contributed by atoms with E-state index in [1.165, 1.54) is 22.1 Å². The Bertz CT molecular complexity index is 604. The minimum atomic E-state index is -3.42. The summed E-state index contributed by atoms with van der Waals surface area (Å²) >= 11 is 1.21. The molecule has 1 aromatic heterocycles. The second-order valence-corrected chi connectivity index (χ2v) is 9.62. The van der Waals surface area contributed by atoms with Crippen molar-refractivity contribution in [3.63, 3.8) is 0 Å². The SMILES string of the molecule is CC(C)CCCC(C)NC(N)=NCCN(C)S(=O)(=O)c1cccs1.I. The first-order chi connectivity index (χ1) is 11.2. The number of guanidine groups is 1. The summed E-state index contributed by atoms with van der Waals surface area (Å²) < 4.78 is 26.2. The van der Waals surface area contributed by atoms with Crippen LogP contribution < -0.4 is 11.1 Å². The van der Waals surface area contributed by atoms with Crippen LogP contribution in [0.5, 0.6) is 0 Å².